The fraction of sp³-hybridized carbons (Fsp3) is 0.385. The van der Waals surface area contributed by atoms with Crippen LogP contribution < -0.4 is 5.32 Å². The minimum Gasteiger partial charge on any atom is -0.480 e. The summed E-state index contributed by atoms with van der Waals surface area (Å²) in [6.45, 7) is 1.88. The zero-order valence-corrected chi connectivity index (χ0v) is 12.4. The second-order valence-electron chi connectivity index (χ2n) is 4.89. The van der Waals surface area contributed by atoms with E-state index in [0.29, 0.717) is 23.9 Å². The normalized spacial score (nSPS) is 21.9. The lowest BCUT2D eigenvalue weighted by Crippen LogP contribution is -2.52. The van der Waals surface area contributed by atoms with Gasteiger partial charge in [-0.15, -0.1) is 0 Å². The number of amides is 2. The molecule has 1 aliphatic rings. The molecule has 0 aliphatic carbocycles. The zero-order chi connectivity index (χ0) is 14.9. The van der Waals surface area contributed by atoms with Crippen molar-refractivity contribution in [1.29, 1.82) is 0 Å². The van der Waals surface area contributed by atoms with Crippen LogP contribution in [0.25, 0.3) is 0 Å². The lowest BCUT2D eigenvalue weighted by Gasteiger charge is -2.31. The molecule has 2 amide bonds. The van der Waals surface area contributed by atoms with Crippen LogP contribution in [0.2, 0.25) is 0 Å². The summed E-state index contributed by atoms with van der Waals surface area (Å²) in [5.74, 6) is -1.52. The number of nitrogens with zero attached hydrogens (tertiary/aromatic N) is 1. The molecule has 20 heavy (non-hydrogen) atoms. The second-order valence-corrected chi connectivity index (χ2v) is 5.74. The highest BCUT2D eigenvalue weighted by Gasteiger charge is 2.46. The van der Waals surface area contributed by atoms with E-state index < -0.39 is 23.4 Å². The molecule has 1 unspecified atom stereocenters. The van der Waals surface area contributed by atoms with Gasteiger partial charge in [0.1, 0.15) is 11.4 Å². The van der Waals surface area contributed by atoms with Crippen LogP contribution in [0.5, 0.6) is 0 Å². The third-order valence-electron chi connectivity index (χ3n) is 3.52. The summed E-state index contributed by atoms with van der Waals surface area (Å²) in [6.07, 6.45) is 1.03. The monoisotopic (exact) mass is 344 g/mol. The topological polar surface area (TPSA) is 69.6 Å². The molecule has 0 radical (unpaired) electrons. The van der Waals surface area contributed by atoms with Gasteiger partial charge in [-0.25, -0.2) is 14.0 Å². The van der Waals surface area contributed by atoms with Crippen molar-refractivity contribution in [1.82, 2.24) is 4.90 Å². The number of carboxylic acids is 1. The lowest BCUT2D eigenvalue weighted by atomic mass is 10.00. The van der Waals surface area contributed by atoms with Crippen molar-refractivity contribution >= 4 is 33.6 Å². The number of hydrogen-bond acceptors (Lipinski definition) is 2. The van der Waals surface area contributed by atoms with E-state index in [2.05, 4.69) is 21.2 Å². The first-order valence-electron chi connectivity index (χ1n) is 6.11. The fourth-order valence-electron chi connectivity index (χ4n) is 2.29. The molecule has 0 spiro atoms. The van der Waals surface area contributed by atoms with Crippen molar-refractivity contribution in [2.24, 2.45) is 0 Å². The molecular weight excluding hydrogens is 331 g/mol. The Bertz CT molecular complexity index is 567. The Kier molecular flexibility index (Phi) is 3.99. The van der Waals surface area contributed by atoms with Gasteiger partial charge in [0.2, 0.25) is 0 Å². The van der Waals surface area contributed by atoms with Crippen molar-refractivity contribution in [2.45, 2.75) is 25.3 Å². The summed E-state index contributed by atoms with van der Waals surface area (Å²) in [7, 11) is 0. The number of benzene rings is 1. The highest BCUT2D eigenvalue weighted by molar-refractivity contribution is 9.10. The first-order valence-corrected chi connectivity index (χ1v) is 6.91. The maximum atomic E-state index is 13.2. The predicted molar refractivity (Wildman–Crippen MR) is 75.1 cm³/mol. The third-order valence-corrected chi connectivity index (χ3v) is 4.21. The second kappa shape index (κ2) is 5.40. The standard InChI is InChI=1S/C13H14BrFN2O3/c1-13(11(18)19)5-2-6-17(13)12(20)16-10-7-8(15)3-4-9(10)14/h3-4,7H,2,5-6H2,1H3,(H,16,20)(H,18,19). The van der Waals surface area contributed by atoms with Crippen LogP contribution in [-0.2, 0) is 4.79 Å². The summed E-state index contributed by atoms with van der Waals surface area (Å²) in [5, 5.41) is 11.8. The summed E-state index contributed by atoms with van der Waals surface area (Å²) < 4.78 is 13.7. The molecule has 1 aromatic rings. The van der Waals surface area contributed by atoms with E-state index >= 15 is 0 Å². The van der Waals surface area contributed by atoms with Gasteiger partial charge in [0, 0.05) is 11.0 Å². The van der Waals surface area contributed by atoms with E-state index in [1.807, 2.05) is 0 Å². The molecule has 0 bridgehead atoms. The number of anilines is 1. The molecule has 0 aromatic heterocycles. The van der Waals surface area contributed by atoms with Crippen LogP contribution in [0.1, 0.15) is 19.8 Å². The number of likely N-dealkylation sites (tertiary alicyclic amines) is 1. The van der Waals surface area contributed by atoms with Crippen LogP contribution in [0.15, 0.2) is 22.7 Å². The summed E-state index contributed by atoms with van der Waals surface area (Å²) in [5.41, 5.74) is -0.946. The van der Waals surface area contributed by atoms with E-state index in [9.17, 15) is 19.1 Å². The number of carbonyl (C=O) groups excluding carboxylic acids is 1. The van der Waals surface area contributed by atoms with Crippen molar-refractivity contribution in [3.8, 4) is 0 Å². The number of aliphatic carboxylic acids is 1. The number of carboxylic acid groups (broad SMARTS) is 1. The van der Waals surface area contributed by atoms with Gasteiger partial charge >= 0.3 is 12.0 Å². The Balaban J connectivity index is 2.20. The highest BCUT2D eigenvalue weighted by Crippen LogP contribution is 2.31. The van der Waals surface area contributed by atoms with Gasteiger partial charge in [0.25, 0.3) is 0 Å². The van der Waals surface area contributed by atoms with Gasteiger partial charge < -0.3 is 15.3 Å². The van der Waals surface area contributed by atoms with Gasteiger partial charge in [0.05, 0.1) is 5.69 Å². The SMILES string of the molecule is CC1(C(=O)O)CCCN1C(=O)Nc1cc(F)ccc1Br. The molecule has 2 N–H and O–H groups in total. The molecule has 0 saturated carbocycles. The first kappa shape index (κ1) is 14.8. The van der Waals surface area contributed by atoms with Crippen LogP contribution in [0, 0.1) is 5.82 Å². The average molecular weight is 345 g/mol. The quantitative estimate of drug-likeness (QED) is 0.866. The largest absolute Gasteiger partial charge is 0.480 e. The summed E-state index contributed by atoms with van der Waals surface area (Å²) in [4.78, 5) is 24.8. The summed E-state index contributed by atoms with van der Waals surface area (Å²) in [6, 6.07) is 3.37. The van der Waals surface area contributed by atoms with Gasteiger partial charge in [-0.3, -0.25) is 0 Å². The molecular formula is C13H14BrFN2O3. The van der Waals surface area contributed by atoms with Crippen LogP contribution in [-0.4, -0.2) is 34.1 Å². The van der Waals surface area contributed by atoms with Crippen LogP contribution in [0.3, 0.4) is 0 Å². The van der Waals surface area contributed by atoms with Crippen molar-refractivity contribution < 1.29 is 19.1 Å². The molecule has 1 atom stereocenters. The molecule has 1 fully saturated rings. The molecule has 5 nitrogen and oxygen atoms in total. The molecule has 2 rings (SSSR count). The van der Waals surface area contributed by atoms with E-state index in [1.54, 1.807) is 0 Å². The molecule has 1 saturated heterocycles. The number of nitrogens with one attached hydrogen (secondary N) is 1. The molecule has 108 valence electrons. The van der Waals surface area contributed by atoms with Gasteiger partial charge in [-0.1, -0.05) is 0 Å². The molecule has 7 heteroatoms. The predicted octanol–water partition coefficient (Wildman–Crippen LogP) is 3.06. The van der Waals surface area contributed by atoms with Gasteiger partial charge in [-0.05, 0) is 53.9 Å². The van der Waals surface area contributed by atoms with E-state index in [4.69, 9.17) is 0 Å². The minimum atomic E-state index is -1.22. The molecule has 1 aromatic carbocycles. The fourth-order valence-corrected chi connectivity index (χ4v) is 2.63. The third kappa shape index (κ3) is 2.63. The van der Waals surface area contributed by atoms with Gasteiger partial charge in [-0.2, -0.15) is 0 Å². The van der Waals surface area contributed by atoms with E-state index in [-0.39, 0.29) is 5.69 Å². The Morgan fingerprint density at radius 3 is 2.85 bits per heavy atom. The molecule has 1 aliphatic heterocycles. The van der Waals surface area contributed by atoms with Gasteiger partial charge in [0.15, 0.2) is 0 Å². The maximum Gasteiger partial charge on any atom is 0.329 e. The number of carbonyl (C=O) groups is 2. The average Bonchev–Trinajstić information content (AvgIpc) is 2.77. The number of urea groups is 1. The number of halogens is 2. The number of rotatable bonds is 2. The Labute approximate surface area is 123 Å². The number of hydrogen-bond donors (Lipinski definition) is 2. The van der Waals surface area contributed by atoms with Crippen molar-refractivity contribution in [3.63, 3.8) is 0 Å². The zero-order valence-electron chi connectivity index (χ0n) is 10.8. The lowest BCUT2D eigenvalue weighted by molar-refractivity contribution is -0.146. The van der Waals surface area contributed by atoms with Crippen LogP contribution >= 0.6 is 15.9 Å². The summed E-state index contributed by atoms with van der Waals surface area (Å²) >= 11 is 3.21. The Hall–Kier alpha value is -1.63. The molecule has 1 heterocycles. The maximum absolute atomic E-state index is 13.2. The van der Waals surface area contributed by atoms with E-state index in [0.717, 1.165) is 0 Å². The van der Waals surface area contributed by atoms with Crippen molar-refractivity contribution in [2.75, 3.05) is 11.9 Å². The first-order chi connectivity index (χ1) is 9.34. The van der Waals surface area contributed by atoms with Crippen LogP contribution in [0.4, 0.5) is 14.9 Å². The Morgan fingerprint density at radius 1 is 1.50 bits per heavy atom. The minimum absolute atomic E-state index is 0.273. The van der Waals surface area contributed by atoms with Crippen molar-refractivity contribution in [3.05, 3.63) is 28.5 Å². The Morgan fingerprint density at radius 2 is 2.20 bits per heavy atom. The smallest absolute Gasteiger partial charge is 0.329 e. The van der Waals surface area contributed by atoms with E-state index in [1.165, 1.54) is 30.0 Å². The highest BCUT2D eigenvalue weighted by atomic mass is 79.9.